The summed E-state index contributed by atoms with van der Waals surface area (Å²) < 4.78 is 7.19. The highest BCUT2D eigenvalue weighted by Gasteiger charge is 2.24. The second-order valence-corrected chi connectivity index (χ2v) is 14.8. The fraction of sp³-hybridized carbons (Fsp3) is 0. The van der Waals surface area contributed by atoms with Crippen LogP contribution in [0.3, 0.4) is 0 Å². The number of benzene rings is 9. The van der Waals surface area contributed by atoms with E-state index in [-0.39, 0.29) is 0 Å². The van der Waals surface area contributed by atoms with Gasteiger partial charge in [-0.15, -0.1) is 0 Å². The predicted molar refractivity (Wildman–Crippen MR) is 246 cm³/mol. The van der Waals surface area contributed by atoms with Gasteiger partial charge in [0.15, 0.2) is 23.1 Å². The lowest BCUT2D eigenvalue weighted by atomic mass is 9.99. The molecule has 282 valence electrons. The molecule has 0 saturated heterocycles. The molecule has 60 heavy (non-hydrogen) atoms. The van der Waals surface area contributed by atoms with E-state index in [9.17, 15) is 0 Å². The Morgan fingerprint density at radius 2 is 0.767 bits per heavy atom. The lowest BCUT2D eigenvalue weighted by Gasteiger charge is -2.26. The van der Waals surface area contributed by atoms with Gasteiger partial charge in [0.2, 0.25) is 0 Å². The summed E-state index contributed by atoms with van der Waals surface area (Å²) in [6, 6.07) is 75.7. The zero-order chi connectivity index (χ0) is 39.8. The van der Waals surface area contributed by atoms with Gasteiger partial charge in [-0.1, -0.05) is 182 Å². The van der Waals surface area contributed by atoms with Gasteiger partial charge in [-0.05, 0) is 64.0 Å². The van der Waals surface area contributed by atoms with Crippen molar-refractivity contribution in [3.8, 4) is 56.4 Å². The summed E-state index contributed by atoms with van der Waals surface area (Å²) in [5.74, 6) is 1.80. The molecule has 0 aliphatic carbocycles. The predicted octanol–water partition coefficient (Wildman–Crippen LogP) is 14.7. The number of rotatable bonds is 8. The van der Waals surface area contributed by atoms with E-state index in [1.54, 1.807) is 0 Å². The van der Waals surface area contributed by atoms with Crippen LogP contribution in [0, 0.1) is 0 Å². The number of anilines is 3. The van der Waals surface area contributed by atoms with E-state index in [0.717, 1.165) is 77.6 Å². The van der Waals surface area contributed by atoms with Crippen LogP contribution in [0.4, 0.5) is 17.1 Å². The van der Waals surface area contributed by atoms with Gasteiger partial charge in [0.1, 0.15) is 5.58 Å². The molecule has 0 aliphatic heterocycles. The molecule has 0 aliphatic rings. The standard InChI is InChI=1S/C55H36N4O/c1-5-16-37(17-6-1)39-28-32-44(33-29-39)59(45-34-30-40(31-35-45)38-18-7-2-8-19-38)49-27-15-26-47-50-48(36-43-24-13-14-25-46(43)52(50)60-51(47)49)55-57-53(41-20-9-3-10-21-41)56-54(58-55)42-22-11-4-12-23-42/h1-36H. The maximum absolute atomic E-state index is 7.19. The molecule has 9 aromatic carbocycles. The second-order valence-electron chi connectivity index (χ2n) is 14.8. The summed E-state index contributed by atoms with van der Waals surface area (Å²) in [7, 11) is 0. The Morgan fingerprint density at radius 3 is 1.30 bits per heavy atom. The van der Waals surface area contributed by atoms with Gasteiger partial charge < -0.3 is 9.32 Å². The third-order valence-electron chi connectivity index (χ3n) is 11.1. The SMILES string of the molecule is c1ccc(-c2ccc(N(c3ccc(-c4ccccc4)cc3)c3cccc4c3oc3c5ccccc5cc(-c5nc(-c6ccccc6)nc(-c6ccccc6)n5)c43)cc2)cc1. The third-order valence-corrected chi connectivity index (χ3v) is 11.1. The van der Waals surface area contributed by atoms with Crippen LogP contribution >= 0.6 is 0 Å². The minimum atomic E-state index is 0.580. The average molecular weight is 769 g/mol. The maximum atomic E-state index is 7.19. The molecular weight excluding hydrogens is 733 g/mol. The van der Waals surface area contributed by atoms with Crippen LogP contribution in [0.15, 0.2) is 223 Å². The fourth-order valence-electron chi connectivity index (χ4n) is 8.19. The van der Waals surface area contributed by atoms with E-state index in [4.69, 9.17) is 19.4 Å². The summed E-state index contributed by atoms with van der Waals surface area (Å²) >= 11 is 0. The Kier molecular flexibility index (Phi) is 8.75. The Hall–Kier alpha value is -8.15. The summed E-state index contributed by atoms with van der Waals surface area (Å²) in [4.78, 5) is 17.7. The van der Waals surface area contributed by atoms with Gasteiger partial charge in [0.05, 0.1) is 5.69 Å². The average Bonchev–Trinajstić information content (AvgIpc) is 3.74. The van der Waals surface area contributed by atoms with Gasteiger partial charge in [0.25, 0.3) is 0 Å². The van der Waals surface area contributed by atoms with Crippen LogP contribution in [-0.2, 0) is 0 Å². The van der Waals surface area contributed by atoms with E-state index < -0.39 is 0 Å². The van der Waals surface area contributed by atoms with Crippen molar-refractivity contribution < 1.29 is 4.42 Å². The molecular formula is C55H36N4O. The number of nitrogens with zero attached hydrogens (tertiary/aromatic N) is 4. The number of hydrogen-bond donors (Lipinski definition) is 0. The first kappa shape index (κ1) is 35.0. The lowest BCUT2D eigenvalue weighted by Crippen LogP contribution is -2.10. The molecule has 11 aromatic rings. The molecule has 0 N–H and O–H groups in total. The summed E-state index contributed by atoms with van der Waals surface area (Å²) in [6.45, 7) is 0. The highest BCUT2D eigenvalue weighted by Crippen LogP contribution is 2.47. The van der Waals surface area contributed by atoms with Gasteiger partial charge in [-0.25, -0.2) is 15.0 Å². The van der Waals surface area contributed by atoms with E-state index in [1.807, 2.05) is 72.8 Å². The largest absolute Gasteiger partial charge is 0.453 e. The Morgan fingerprint density at radius 1 is 0.333 bits per heavy atom. The van der Waals surface area contributed by atoms with Crippen molar-refractivity contribution in [1.82, 2.24) is 15.0 Å². The smallest absolute Gasteiger partial charge is 0.164 e. The molecule has 0 bridgehead atoms. The van der Waals surface area contributed by atoms with Crippen LogP contribution in [0.1, 0.15) is 0 Å². The van der Waals surface area contributed by atoms with Crippen LogP contribution in [0.2, 0.25) is 0 Å². The number of hydrogen-bond acceptors (Lipinski definition) is 5. The Balaban J connectivity index is 1.15. The van der Waals surface area contributed by atoms with Crippen LogP contribution in [-0.4, -0.2) is 15.0 Å². The minimum Gasteiger partial charge on any atom is -0.453 e. The van der Waals surface area contributed by atoms with Crippen LogP contribution in [0.25, 0.3) is 89.1 Å². The van der Waals surface area contributed by atoms with Gasteiger partial charge in [-0.2, -0.15) is 0 Å². The van der Waals surface area contributed by atoms with Crippen molar-refractivity contribution >= 4 is 49.8 Å². The highest BCUT2D eigenvalue weighted by atomic mass is 16.3. The van der Waals surface area contributed by atoms with E-state index in [1.165, 1.54) is 11.1 Å². The molecule has 5 nitrogen and oxygen atoms in total. The molecule has 11 rings (SSSR count). The Bertz CT molecular complexity index is 3140. The zero-order valence-corrected chi connectivity index (χ0v) is 32.5. The van der Waals surface area contributed by atoms with Gasteiger partial charge in [0, 0.05) is 44.2 Å². The topological polar surface area (TPSA) is 55.1 Å². The zero-order valence-electron chi connectivity index (χ0n) is 32.5. The second kappa shape index (κ2) is 15.0. The monoisotopic (exact) mass is 768 g/mol. The van der Waals surface area contributed by atoms with Crippen molar-refractivity contribution in [2.24, 2.45) is 0 Å². The Labute approximate surface area is 347 Å². The van der Waals surface area contributed by atoms with E-state index in [2.05, 4.69) is 150 Å². The summed E-state index contributed by atoms with van der Waals surface area (Å²) in [6.07, 6.45) is 0. The first-order chi connectivity index (χ1) is 29.7. The fourth-order valence-corrected chi connectivity index (χ4v) is 8.19. The van der Waals surface area contributed by atoms with Crippen LogP contribution < -0.4 is 4.90 Å². The van der Waals surface area contributed by atoms with Crippen LogP contribution in [0.5, 0.6) is 0 Å². The third kappa shape index (κ3) is 6.35. The highest BCUT2D eigenvalue weighted by molar-refractivity contribution is 6.22. The van der Waals surface area contributed by atoms with Crippen molar-refractivity contribution in [3.63, 3.8) is 0 Å². The van der Waals surface area contributed by atoms with Crippen molar-refractivity contribution in [3.05, 3.63) is 218 Å². The van der Waals surface area contributed by atoms with Crippen molar-refractivity contribution in [2.45, 2.75) is 0 Å². The quantitative estimate of drug-likeness (QED) is 0.154. The number of fused-ring (bicyclic) bond motifs is 5. The molecule has 0 amide bonds. The molecule has 2 heterocycles. The van der Waals surface area contributed by atoms with Gasteiger partial charge in [-0.3, -0.25) is 0 Å². The molecule has 2 aromatic heterocycles. The molecule has 5 heteroatoms. The van der Waals surface area contributed by atoms with Crippen molar-refractivity contribution in [1.29, 1.82) is 0 Å². The number of aromatic nitrogens is 3. The molecule has 0 saturated carbocycles. The molecule has 0 radical (unpaired) electrons. The van der Waals surface area contributed by atoms with Crippen molar-refractivity contribution in [2.75, 3.05) is 4.90 Å². The minimum absolute atomic E-state index is 0.580. The molecule has 0 unspecified atom stereocenters. The molecule has 0 fully saturated rings. The molecule has 0 atom stereocenters. The lowest BCUT2D eigenvalue weighted by molar-refractivity contribution is 0.673. The van der Waals surface area contributed by atoms with E-state index in [0.29, 0.717) is 17.5 Å². The molecule has 0 spiro atoms. The normalized spacial score (nSPS) is 11.3. The number of para-hydroxylation sites is 1. The van der Waals surface area contributed by atoms with E-state index >= 15 is 0 Å². The summed E-state index contributed by atoms with van der Waals surface area (Å²) in [5.41, 5.74) is 11.9. The maximum Gasteiger partial charge on any atom is 0.164 e. The number of furan rings is 1. The first-order valence-corrected chi connectivity index (χ1v) is 20.1. The summed E-state index contributed by atoms with van der Waals surface area (Å²) in [5, 5.41) is 3.98. The first-order valence-electron chi connectivity index (χ1n) is 20.1. The van der Waals surface area contributed by atoms with Gasteiger partial charge >= 0.3 is 0 Å².